The molecule has 3 N–H and O–H groups in total. The molecule has 0 saturated heterocycles. The number of hydrogen-bond donors (Lipinski definition) is 2. The van der Waals surface area contributed by atoms with Gasteiger partial charge in [-0.1, -0.05) is 29.8 Å². The first-order valence-corrected chi connectivity index (χ1v) is 6.03. The van der Waals surface area contributed by atoms with Gasteiger partial charge in [-0.15, -0.1) is 0 Å². The standard InChI is InChI=1S/C14H24N2O/c1-11-6-5-7-12(8-11)9-13(16-15)10-14(2,3)17-4/h5-8,13,16H,9-10,15H2,1-4H3. The number of rotatable bonds is 6. The monoisotopic (exact) mass is 236 g/mol. The first-order chi connectivity index (χ1) is 7.96. The lowest BCUT2D eigenvalue weighted by molar-refractivity contribution is 0.00711. The van der Waals surface area contributed by atoms with Crippen molar-refractivity contribution in [1.29, 1.82) is 0 Å². The fraction of sp³-hybridized carbons (Fsp3) is 0.571. The molecule has 0 aromatic heterocycles. The molecule has 1 unspecified atom stereocenters. The van der Waals surface area contributed by atoms with Crippen LogP contribution in [0.15, 0.2) is 24.3 Å². The third-order valence-electron chi connectivity index (χ3n) is 3.09. The van der Waals surface area contributed by atoms with Crippen molar-refractivity contribution in [3.05, 3.63) is 35.4 Å². The average molecular weight is 236 g/mol. The minimum absolute atomic E-state index is 0.152. The van der Waals surface area contributed by atoms with Crippen LogP contribution in [0, 0.1) is 6.92 Å². The average Bonchev–Trinajstić information content (AvgIpc) is 2.28. The van der Waals surface area contributed by atoms with Gasteiger partial charge < -0.3 is 4.74 Å². The van der Waals surface area contributed by atoms with Gasteiger partial charge in [0.1, 0.15) is 0 Å². The van der Waals surface area contributed by atoms with E-state index in [0.717, 1.165) is 12.8 Å². The van der Waals surface area contributed by atoms with Crippen LogP contribution in [0.4, 0.5) is 0 Å². The number of nitrogens with two attached hydrogens (primary N) is 1. The van der Waals surface area contributed by atoms with Crippen LogP contribution in [0.2, 0.25) is 0 Å². The van der Waals surface area contributed by atoms with Gasteiger partial charge in [-0.2, -0.15) is 0 Å². The van der Waals surface area contributed by atoms with Crippen LogP contribution < -0.4 is 11.3 Å². The van der Waals surface area contributed by atoms with Crippen LogP contribution in [-0.4, -0.2) is 18.8 Å². The van der Waals surface area contributed by atoms with Gasteiger partial charge in [0.2, 0.25) is 0 Å². The molecule has 0 heterocycles. The molecule has 1 atom stereocenters. The Balaban J connectivity index is 2.64. The topological polar surface area (TPSA) is 47.3 Å². The summed E-state index contributed by atoms with van der Waals surface area (Å²) in [5, 5.41) is 0. The summed E-state index contributed by atoms with van der Waals surface area (Å²) >= 11 is 0. The molecular formula is C14H24N2O. The van der Waals surface area contributed by atoms with Gasteiger partial charge >= 0.3 is 0 Å². The first-order valence-electron chi connectivity index (χ1n) is 6.03. The van der Waals surface area contributed by atoms with E-state index in [1.165, 1.54) is 11.1 Å². The number of hydrogen-bond acceptors (Lipinski definition) is 3. The van der Waals surface area contributed by atoms with E-state index in [2.05, 4.69) is 50.5 Å². The lowest BCUT2D eigenvalue weighted by atomic mass is 9.94. The van der Waals surface area contributed by atoms with Crippen LogP contribution in [0.25, 0.3) is 0 Å². The number of nitrogens with one attached hydrogen (secondary N) is 1. The molecule has 1 aromatic carbocycles. The fourth-order valence-electron chi connectivity index (χ4n) is 1.99. The van der Waals surface area contributed by atoms with Crippen molar-refractivity contribution >= 4 is 0 Å². The molecule has 0 aliphatic rings. The smallest absolute Gasteiger partial charge is 0.0638 e. The van der Waals surface area contributed by atoms with Gasteiger partial charge in [0.05, 0.1) is 5.60 Å². The molecule has 0 aliphatic heterocycles. The normalized spacial score (nSPS) is 13.7. The Kier molecular flexibility index (Phi) is 5.12. The molecule has 1 rings (SSSR count). The largest absolute Gasteiger partial charge is 0.379 e. The number of methoxy groups -OCH3 is 1. The summed E-state index contributed by atoms with van der Waals surface area (Å²) in [5.74, 6) is 5.61. The van der Waals surface area contributed by atoms with Gasteiger partial charge in [-0.3, -0.25) is 11.3 Å². The third kappa shape index (κ3) is 4.86. The Hall–Kier alpha value is -0.900. The molecule has 3 heteroatoms. The molecular weight excluding hydrogens is 212 g/mol. The van der Waals surface area contributed by atoms with E-state index >= 15 is 0 Å². The summed E-state index contributed by atoms with van der Waals surface area (Å²) in [5.41, 5.74) is 5.32. The van der Waals surface area contributed by atoms with Gasteiger partial charge in [-0.25, -0.2) is 0 Å². The van der Waals surface area contributed by atoms with E-state index < -0.39 is 0 Å². The molecule has 0 bridgehead atoms. The summed E-state index contributed by atoms with van der Waals surface area (Å²) in [6, 6.07) is 8.75. The van der Waals surface area contributed by atoms with Gasteiger partial charge in [-0.05, 0) is 39.2 Å². The van der Waals surface area contributed by atoms with Crippen molar-refractivity contribution < 1.29 is 4.74 Å². The quantitative estimate of drug-likeness (QED) is 0.588. The molecule has 3 nitrogen and oxygen atoms in total. The molecule has 0 spiro atoms. The van der Waals surface area contributed by atoms with Crippen molar-refractivity contribution in [2.45, 2.75) is 45.3 Å². The maximum Gasteiger partial charge on any atom is 0.0638 e. The van der Waals surface area contributed by atoms with Crippen molar-refractivity contribution in [1.82, 2.24) is 5.43 Å². The van der Waals surface area contributed by atoms with Crippen LogP contribution in [0.3, 0.4) is 0 Å². The SMILES string of the molecule is COC(C)(C)CC(Cc1cccc(C)c1)NN. The van der Waals surface area contributed by atoms with E-state index in [9.17, 15) is 0 Å². The van der Waals surface area contributed by atoms with Crippen molar-refractivity contribution in [3.63, 3.8) is 0 Å². The second-order valence-corrected chi connectivity index (χ2v) is 5.22. The summed E-state index contributed by atoms with van der Waals surface area (Å²) in [6.45, 7) is 6.26. The maximum atomic E-state index is 5.61. The number of benzene rings is 1. The van der Waals surface area contributed by atoms with Crippen LogP contribution in [-0.2, 0) is 11.2 Å². The second-order valence-electron chi connectivity index (χ2n) is 5.22. The van der Waals surface area contributed by atoms with Crippen molar-refractivity contribution in [3.8, 4) is 0 Å². The Morgan fingerprint density at radius 2 is 2.12 bits per heavy atom. The number of ether oxygens (including phenoxy) is 1. The molecule has 0 amide bonds. The van der Waals surface area contributed by atoms with Crippen LogP contribution >= 0.6 is 0 Å². The fourth-order valence-corrected chi connectivity index (χ4v) is 1.99. The Labute approximate surface area is 104 Å². The van der Waals surface area contributed by atoms with Crippen molar-refractivity contribution in [2.75, 3.05) is 7.11 Å². The number of aryl methyl sites for hydroxylation is 1. The van der Waals surface area contributed by atoms with E-state index in [4.69, 9.17) is 10.6 Å². The molecule has 96 valence electrons. The lowest BCUT2D eigenvalue weighted by Gasteiger charge is -2.28. The zero-order valence-electron chi connectivity index (χ0n) is 11.3. The van der Waals surface area contributed by atoms with E-state index in [-0.39, 0.29) is 11.6 Å². The van der Waals surface area contributed by atoms with E-state index in [0.29, 0.717) is 0 Å². The lowest BCUT2D eigenvalue weighted by Crippen LogP contribution is -2.42. The molecule has 0 saturated carbocycles. The predicted octanol–water partition coefficient (Wildman–Crippen LogP) is 2.18. The summed E-state index contributed by atoms with van der Waals surface area (Å²) < 4.78 is 5.44. The third-order valence-corrected chi connectivity index (χ3v) is 3.09. The molecule has 0 fully saturated rings. The first kappa shape index (κ1) is 14.2. The minimum atomic E-state index is -0.152. The summed E-state index contributed by atoms with van der Waals surface area (Å²) in [4.78, 5) is 0. The van der Waals surface area contributed by atoms with Crippen LogP contribution in [0.1, 0.15) is 31.4 Å². The molecule has 0 aliphatic carbocycles. The summed E-state index contributed by atoms with van der Waals surface area (Å²) in [6.07, 6.45) is 1.80. The highest BCUT2D eigenvalue weighted by atomic mass is 16.5. The maximum absolute atomic E-state index is 5.61. The summed E-state index contributed by atoms with van der Waals surface area (Å²) in [7, 11) is 1.74. The highest BCUT2D eigenvalue weighted by Crippen LogP contribution is 2.18. The predicted molar refractivity (Wildman–Crippen MR) is 71.7 cm³/mol. The van der Waals surface area contributed by atoms with E-state index in [1.807, 2.05) is 0 Å². The van der Waals surface area contributed by atoms with Gasteiger partial charge in [0, 0.05) is 13.2 Å². The highest BCUT2D eigenvalue weighted by molar-refractivity contribution is 5.23. The number of hydrazine groups is 1. The highest BCUT2D eigenvalue weighted by Gasteiger charge is 2.22. The minimum Gasteiger partial charge on any atom is -0.379 e. The van der Waals surface area contributed by atoms with Crippen molar-refractivity contribution in [2.24, 2.45) is 5.84 Å². The Bertz CT molecular complexity index is 350. The van der Waals surface area contributed by atoms with Gasteiger partial charge in [0.15, 0.2) is 0 Å². The van der Waals surface area contributed by atoms with E-state index in [1.54, 1.807) is 7.11 Å². The molecule has 0 radical (unpaired) electrons. The zero-order chi connectivity index (χ0) is 12.9. The molecule has 1 aromatic rings. The second kappa shape index (κ2) is 6.15. The Morgan fingerprint density at radius 1 is 1.41 bits per heavy atom. The Morgan fingerprint density at radius 3 is 2.65 bits per heavy atom. The molecule has 17 heavy (non-hydrogen) atoms. The van der Waals surface area contributed by atoms with Gasteiger partial charge in [0.25, 0.3) is 0 Å². The van der Waals surface area contributed by atoms with Crippen LogP contribution in [0.5, 0.6) is 0 Å². The zero-order valence-corrected chi connectivity index (χ0v) is 11.3.